The molecule has 6 heteroatoms. The van der Waals surface area contributed by atoms with Gasteiger partial charge in [-0.05, 0) is 37.8 Å². The molecule has 2 rings (SSSR count). The topological polar surface area (TPSA) is 89.2 Å². The summed E-state index contributed by atoms with van der Waals surface area (Å²) in [6.45, 7) is -0.170. The molecule has 0 radical (unpaired) electrons. The standard InChI is InChI=1S/C13H12BrN3O2/c14-12-9-4-2-1-3-8(9)5-6-10(12)13(19)11(18)7-16-17-15/h1-6,11,13,18-19H,7H2. The number of benzene rings is 2. The Morgan fingerprint density at radius 2 is 1.95 bits per heavy atom. The third-order valence-electron chi connectivity index (χ3n) is 2.91. The lowest BCUT2D eigenvalue weighted by atomic mass is 10.0. The predicted octanol–water partition coefficient (Wildman–Crippen LogP) is 3.31. The molecule has 2 aromatic carbocycles. The van der Waals surface area contributed by atoms with Crippen molar-refractivity contribution in [3.05, 3.63) is 56.9 Å². The van der Waals surface area contributed by atoms with Crippen molar-refractivity contribution in [1.82, 2.24) is 0 Å². The van der Waals surface area contributed by atoms with E-state index < -0.39 is 12.2 Å². The molecule has 0 aliphatic carbocycles. The van der Waals surface area contributed by atoms with Crippen LogP contribution >= 0.6 is 15.9 Å². The van der Waals surface area contributed by atoms with E-state index >= 15 is 0 Å². The number of azide groups is 1. The summed E-state index contributed by atoms with van der Waals surface area (Å²) in [7, 11) is 0. The van der Waals surface area contributed by atoms with E-state index in [0.29, 0.717) is 5.56 Å². The largest absolute Gasteiger partial charge is 0.390 e. The Morgan fingerprint density at radius 3 is 2.68 bits per heavy atom. The van der Waals surface area contributed by atoms with Gasteiger partial charge in [0.1, 0.15) is 6.10 Å². The van der Waals surface area contributed by atoms with E-state index in [1.54, 1.807) is 6.07 Å². The molecule has 0 heterocycles. The number of hydrogen-bond donors (Lipinski definition) is 2. The zero-order valence-electron chi connectivity index (χ0n) is 9.94. The van der Waals surface area contributed by atoms with E-state index in [0.717, 1.165) is 15.2 Å². The Morgan fingerprint density at radius 1 is 1.21 bits per heavy atom. The minimum atomic E-state index is -1.13. The minimum absolute atomic E-state index is 0.170. The lowest BCUT2D eigenvalue weighted by Gasteiger charge is -2.18. The molecule has 0 aromatic heterocycles. The molecule has 0 amide bonds. The summed E-state index contributed by atoms with van der Waals surface area (Å²) in [5.41, 5.74) is 8.79. The van der Waals surface area contributed by atoms with Crippen LogP contribution < -0.4 is 0 Å². The van der Waals surface area contributed by atoms with Gasteiger partial charge >= 0.3 is 0 Å². The zero-order valence-corrected chi connectivity index (χ0v) is 11.5. The maximum Gasteiger partial charge on any atom is 0.106 e. The molecule has 0 aliphatic heterocycles. The molecule has 0 aliphatic rings. The van der Waals surface area contributed by atoms with Crippen LogP contribution in [0, 0.1) is 0 Å². The highest BCUT2D eigenvalue weighted by molar-refractivity contribution is 9.10. The van der Waals surface area contributed by atoms with Gasteiger partial charge in [0, 0.05) is 9.38 Å². The number of fused-ring (bicyclic) bond motifs is 1. The van der Waals surface area contributed by atoms with Crippen molar-refractivity contribution < 1.29 is 10.2 Å². The highest BCUT2D eigenvalue weighted by Gasteiger charge is 2.20. The fourth-order valence-corrected chi connectivity index (χ4v) is 2.63. The van der Waals surface area contributed by atoms with Gasteiger partial charge in [0.25, 0.3) is 0 Å². The van der Waals surface area contributed by atoms with E-state index in [1.807, 2.05) is 30.3 Å². The number of nitrogens with zero attached hydrogens (tertiary/aromatic N) is 3. The summed E-state index contributed by atoms with van der Waals surface area (Å²) < 4.78 is 0.734. The van der Waals surface area contributed by atoms with Crippen LogP contribution in [0.1, 0.15) is 11.7 Å². The Balaban J connectivity index is 2.39. The summed E-state index contributed by atoms with van der Waals surface area (Å²) in [6.07, 6.45) is -2.24. The van der Waals surface area contributed by atoms with Crippen LogP contribution in [0.4, 0.5) is 0 Å². The number of aliphatic hydroxyl groups is 2. The number of hydrogen-bond acceptors (Lipinski definition) is 3. The van der Waals surface area contributed by atoms with Gasteiger partial charge in [-0.3, -0.25) is 0 Å². The zero-order chi connectivity index (χ0) is 13.8. The maximum atomic E-state index is 10.1. The normalized spacial score (nSPS) is 13.8. The summed E-state index contributed by atoms with van der Waals surface area (Å²) in [5, 5.41) is 25.1. The van der Waals surface area contributed by atoms with Crippen molar-refractivity contribution in [1.29, 1.82) is 0 Å². The monoisotopic (exact) mass is 321 g/mol. The predicted molar refractivity (Wildman–Crippen MR) is 76.6 cm³/mol. The van der Waals surface area contributed by atoms with Crippen molar-refractivity contribution >= 4 is 26.7 Å². The first kappa shape index (κ1) is 13.8. The molecule has 2 atom stereocenters. The van der Waals surface area contributed by atoms with Crippen LogP contribution in [0.2, 0.25) is 0 Å². The molecule has 2 unspecified atom stereocenters. The van der Waals surface area contributed by atoms with Gasteiger partial charge in [-0.1, -0.05) is 41.5 Å². The first-order valence-corrected chi connectivity index (χ1v) is 6.48. The molecule has 0 saturated carbocycles. The first-order chi connectivity index (χ1) is 9.15. The Hall–Kier alpha value is -1.59. The molecule has 0 bridgehead atoms. The summed E-state index contributed by atoms with van der Waals surface area (Å²) in [5.74, 6) is 0. The third-order valence-corrected chi connectivity index (χ3v) is 3.79. The van der Waals surface area contributed by atoms with Gasteiger partial charge in [-0.2, -0.15) is 0 Å². The maximum absolute atomic E-state index is 10.1. The van der Waals surface area contributed by atoms with E-state index in [9.17, 15) is 10.2 Å². The molecule has 2 N–H and O–H groups in total. The minimum Gasteiger partial charge on any atom is -0.390 e. The molecular formula is C13H12BrN3O2. The fourth-order valence-electron chi connectivity index (χ4n) is 1.91. The van der Waals surface area contributed by atoms with Crippen LogP contribution in [-0.4, -0.2) is 22.9 Å². The Bertz CT molecular complexity index is 641. The molecule has 0 fully saturated rings. The lowest BCUT2D eigenvalue weighted by Crippen LogP contribution is -2.21. The van der Waals surface area contributed by atoms with Crippen molar-refractivity contribution in [2.24, 2.45) is 5.11 Å². The van der Waals surface area contributed by atoms with E-state index in [2.05, 4.69) is 26.0 Å². The molecule has 19 heavy (non-hydrogen) atoms. The average Bonchev–Trinajstić information content (AvgIpc) is 2.44. The van der Waals surface area contributed by atoms with Gasteiger partial charge in [-0.25, -0.2) is 0 Å². The second-order valence-electron chi connectivity index (χ2n) is 4.12. The van der Waals surface area contributed by atoms with Crippen LogP contribution in [0.25, 0.3) is 21.2 Å². The SMILES string of the molecule is [N-]=[N+]=NCC(O)C(O)c1ccc2ccccc2c1Br. The third kappa shape index (κ3) is 2.88. The number of halogens is 1. The first-order valence-electron chi connectivity index (χ1n) is 5.69. The molecule has 98 valence electrons. The fraction of sp³-hybridized carbons (Fsp3) is 0.231. The van der Waals surface area contributed by atoms with E-state index in [-0.39, 0.29) is 6.54 Å². The van der Waals surface area contributed by atoms with Gasteiger partial charge in [0.05, 0.1) is 12.6 Å². The van der Waals surface area contributed by atoms with Crippen molar-refractivity contribution in [3.63, 3.8) is 0 Å². The van der Waals surface area contributed by atoms with Crippen LogP contribution in [-0.2, 0) is 0 Å². The van der Waals surface area contributed by atoms with Gasteiger partial charge < -0.3 is 10.2 Å². The van der Waals surface area contributed by atoms with E-state index in [1.165, 1.54) is 0 Å². The highest BCUT2D eigenvalue weighted by Crippen LogP contribution is 2.32. The van der Waals surface area contributed by atoms with Gasteiger partial charge in [-0.15, -0.1) is 0 Å². The average molecular weight is 322 g/mol. The number of rotatable bonds is 4. The smallest absolute Gasteiger partial charge is 0.106 e. The quantitative estimate of drug-likeness (QED) is 0.514. The molecule has 5 nitrogen and oxygen atoms in total. The second-order valence-corrected chi connectivity index (χ2v) is 4.91. The van der Waals surface area contributed by atoms with E-state index in [4.69, 9.17) is 5.53 Å². The number of aliphatic hydroxyl groups excluding tert-OH is 2. The molecule has 2 aromatic rings. The Labute approximate surface area is 118 Å². The lowest BCUT2D eigenvalue weighted by molar-refractivity contribution is 0.0241. The molecule has 0 saturated heterocycles. The van der Waals surface area contributed by atoms with Gasteiger partial charge in [0.2, 0.25) is 0 Å². The summed E-state index contributed by atoms with van der Waals surface area (Å²) >= 11 is 3.44. The van der Waals surface area contributed by atoms with Crippen molar-refractivity contribution in [2.75, 3.05) is 6.54 Å². The molecule has 0 spiro atoms. The van der Waals surface area contributed by atoms with Crippen molar-refractivity contribution in [3.8, 4) is 0 Å². The summed E-state index contributed by atoms with van der Waals surface area (Å²) in [6, 6.07) is 11.3. The second kappa shape index (κ2) is 6.04. The van der Waals surface area contributed by atoms with Crippen LogP contribution in [0.3, 0.4) is 0 Å². The van der Waals surface area contributed by atoms with Crippen LogP contribution in [0.5, 0.6) is 0 Å². The Kier molecular flexibility index (Phi) is 4.39. The summed E-state index contributed by atoms with van der Waals surface area (Å²) in [4.78, 5) is 2.57. The van der Waals surface area contributed by atoms with Crippen molar-refractivity contribution in [2.45, 2.75) is 12.2 Å². The molecular weight excluding hydrogens is 310 g/mol. The highest BCUT2D eigenvalue weighted by atomic mass is 79.9. The van der Waals surface area contributed by atoms with Crippen LogP contribution in [0.15, 0.2) is 46.0 Å². The van der Waals surface area contributed by atoms with Gasteiger partial charge in [0.15, 0.2) is 0 Å².